The minimum absolute atomic E-state index is 0.131. The summed E-state index contributed by atoms with van der Waals surface area (Å²) in [6, 6.07) is 4.00. The van der Waals surface area contributed by atoms with E-state index >= 15 is 0 Å². The van der Waals surface area contributed by atoms with Gasteiger partial charge in [-0.05, 0) is 26.8 Å². The van der Waals surface area contributed by atoms with Crippen molar-refractivity contribution in [2.75, 3.05) is 31.1 Å². The summed E-state index contributed by atoms with van der Waals surface area (Å²) < 4.78 is 1.85. The van der Waals surface area contributed by atoms with Crippen LogP contribution in [0.2, 0.25) is 0 Å². The number of hydrogen-bond acceptors (Lipinski definition) is 5. The van der Waals surface area contributed by atoms with Gasteiger partial charge in [-0.2, -0.15) is 5.10 Å². The fourth-order valence-corrected chi connectivity index (χ4v) is 2.92. The number of rotatable bonds is 2. The van der Waals surface area contributed by atoms with Crippen LogP contribution in [0.15, 0.2) is 12.1 Å². The van der Waals surface area contributed by atoms with Crippen LogP contribution < -0.4 is 4.90 Å². The zero-order valence-electron chi connectivity index (χ0n) is 14.1. The number of aryl methyl sites for hydroxylation is 3. The number of amides is 1. The minimum atomic E-state index is 0.131. The summed E-state index contributed by atoms with van der Waals surface area (Å²) in [7, 11) is 0. The molecule has 0 saturated carbocycles. The molecule has 0 unspecified atom stereocenters. The first kappa shape index (κ1) is 15.5. The van der Waals surface area contributed by atoms with Crippen molar-refractivity contribution in [3.8, 4) is 5.82 Å². The van der Waals surface area contributed by atoms with Crippen LogP contribution in [-0.4, -0.2) is 56.7 Å². The van der Waals surface area contributed by atoms with E-state index in [1.807, 2.05) is 42.5 Å². The Morgan fingerprint density at radius 1 is 1.00 bits per heavy atom. The maximum atomic E-state index is 11.4. The second kappa shape index (κ2) is 5.98. The van der Waals surface area contributed by atoms with E-state index < -0.39 is 0 Å². The molecule has 2 aromatic heterocycles. The van der Waals surface area contributed by atoms with E-state index in [1.54, 1.807) is 6.92 Å². The third kappa shape index (κ3) is 3.18. The molecule has 0 atom stereocenters. The molecule has 0 aromatic carbocycles. The molecule has 1 amide bonds. The summed E-state index contributed by atoms with van der Waals surface area (Å²) in [5.41, 5.74) is 2.02. The predicted molar refractivity (Wildman–Crippen MR) is 87.8 cm³/mol. The molecule has 0 bridgehead atoms. The van der Waals surface area contributed by atoms with E-state index in [9.17, 15) is 4.79 Å². The monoisotopic (exact) mass is 314 g/mol. The van der Waals surface area contributed by atoms with Crippen LogP contribution in [-0.2, 0) is 4.79 Å². The summed E-state index contributed by atoms with van der Waals surface area (Å²) in [5.74, 6) is 2.53. The van der Waals surface area contributed by atoms with Crippen LogP contribution in [0.5, 0.6) is 0 Å². The molecule has 122 valence electrons. The Morgan fingerprint density at radius 2 is 1.65 bits per heavy atom. The second-order valence-electron chi connectivity index (χ2n) is 5.96. The molecule has 7 heteroatoms. The molecule has 0 N–H and O–H groups in total. The standard InChI is InChI=1S/C16H22N6O/c1-11-9-12(2)22(19-11)16-10-15(17-13(3)18-16)21-7-5-20(6-8-21)14(4)23/h9-10H,5-8H2,1-4H3. The number of piperazine rings is 1. The van der Waals surface area contributed by atoms with Gasteiger partial charge in [0, 0.05) is 44.9 Å². The average Bonchev–Trinajstić information content (AvgIpc) is 2.85. The van der Waals surface area contributed by atoms with Crippen LogP contribution in [0.1, 0.15) is 24.1 Å². The molecule has 7 nitrogen and oxygen atoms in total. The third-order valence-corrected chi connectivity index (χ3v) is 4.09. The Bertz CT molecular complexity index is 730. The Morgan fingerprint density at radius 3 is 2.22 bits per heavy atom. The first-order valence-electron chi connectivity index (χ1n) is 7.84. The van der Waals surface area contributed by atoms with Crippen molar-refractivity contribution in [1.29, 1.82) is 0 Å². The number of hydrogen-bond donors (Lipinski definition) is 0. The quantitative estimate of drug-likeness (QED) is 0.835. The van der Waals surface area contributed by atoms with Gasteiger partial charge in [-0.1, -0.05) is 0 Å². The van der Waals surface area contributed by atoms with Crippen LogP contribution in [0.3, 0.4) is 0 Å². The minimum Gasteiger partial charge on any atom is -0.353 e. The lowest BCUT2D eigenvalue weighted by Gasteiger charge is -2.35. The molecule has 0 spiro atoms. The highest BCUT2D eigenvalue weighted by atomic mass is 16.2. The van der Waals surface area contributed by atoms with Crippen molar-refractivity contribution in [3.05, 3.63) is 29.3 Å². The lowest BCUT2D eigenvalue weighted by molar-refractivity contribution is -0.129. The molecule has 0 aliphatic carbocycles. The lowest BCUT2D eigenvalue weighted by atomic mass is 10.3. The summed E-state index contributed by atoms with van der Waals surface area (Å²) in [4.78, 5) is 24.6. The Balaban J connectivity index is 1.87. The summed E-state index contributed by atoms with van der Waals surface area (Å²) in [6.07, 6.45) is 0. The summed E-state index contributed by atoms with van der Waals surface area (Å²) in [5, 5.41) is 4.50. The number of carbonyl (C=O) groups excluding carboxylic acids is 1. The predicted octanol–water partition coefficient (Wildman–Crippen LogP) is 1.26. The van der Waals surface area contributed by atoms with Crippen molar-refractivity contribution >= 4 is 11.7 Å². The van der Waals surface area contributed by atoms with E-state index in [2.05, 4.69) is 20.0 Å². The highest BCUT2D eigenvalue weighted by Crippen LogP contribution is 2.18. The van der Waals surface area contributed by atoms with E-state index in [-0.39, 0.29) is 5.91 Å². The molecule has 23 heavy (non-hydrogen) atoms. The number of nitrogens with zero attached hydrogens (tertiary/aromatic N) is 6. The maximum Gasteiger partial charge on any atom is 0.219 e. The fourth-order valence-electron chi connectivity index (χ4n) is 2.92. The molecule has 2 aromatic rings. The smallest absolute Gasteiger partial charge is 0.219 e. The molecular formula is C16H22N6O. The zero-order chi connectivity index (χ0) is 16.6. The Hall–Kier alpha value is -2.44. The summed E-state index contributed by atoms with van der Waals surface area (Å²) >= 11 is 0. The largest absolute Gasteiger partial charge is 0.353 e. The highest BCUT2D eigenvalue weighted by Gasteiger charge is 2.20. The molecule has 0 radical (unpaired) electrons. The lowest BCUT2D eigenvalue weighted by Crippen LogP contribution is -2.48. The van der Waals surface area contributed by atoms with Gasteiger partial charge in [-0.3, -0.25) is 4.79 Å². The van der Waals surface area contributed by atoms with Gasteiger partial charge in [-0.25, -0.2) is 14.6 Å². The van der Waals surface area contributed by atoms with Crippen LogP contribution in [0, 0.1) is 20.8 Å². The summed E-state index contributed by atoms with van der Waals surface area (Å²) in [6.45, 7) is 10.5. The molecule has 3 heterocycles. The second-order valence-corrected chi connectivity index (χ2v) is 5.96. The molecule has 1 aliphatic rings. The number of aromatic nitrogens is 4. The highest BCUT2D eigenvalue weighted by molar-refractivity contribution is 5.73. The zero-order valence-corrected chi connectivity index (χ0v) is 14.1. The van der Waals surface area contributed by atoms with Gasteiger partial charge in [-0.15, -0.1) is 0 Å². The maximum absolute atomic E-state index is 11.4. The van der Waals surface area contributed by atoms with Gasteiger partial charge >= 0.3 is 0 Å². The van der Waals surface area contributed by atoms with Gasteiger partial charge < -0.3 is 9.80 Å². The van der Waals surface area contributed by atoms with Crippen molar-refractivity contribution in [3.63, 3.8) is 0 Å². The van der Waals surface area contributed by atoms with Gasteiger partial charge in [0.05, 0.1) is 5.69 Å². The van der Waals surface area contributed by atoms with Crippen molar-refractivity contribution < 1.29 is 4.79 Å². The van der Waals surface area contributed by atoms with Gasteiger partial charge in [0.2, 0.25) is 5.91 Å². The van der Waals surface area contributed by atoms with Gasteiger partial charge in [0.15, 0.2) is 5.82 Å². The first-order valence-corrected chi connectivity index (χ1v) is 7.84. The normalized spacial score (nSPS) is 15.1. The van der Waals surface area contributed by atoms with Crippen molar-refractivity contribution in [2.45, 2.75) is 27.7 Å². The van der Waals surface area contributed by atoms with Gasteiger partial charge in [0.25, 0.3) is 0 Å². The Kier molecular flexibility index (Phi) is 4.02. The number of carbonyl (C=O) groups is 1. The van der Waals surface area contributed by atoms with Crippen LogP contribution in [0.4, 0.5) is 5.82 Å². The van der Waals surface area contributed by atoms with E-state index in [0.717, 1.165) is 55.0 Å². The fraction of sp³-hybridized carbons (Fsp3) is 0.500. The SMILES string of the molecule is CC(=O)N1CCN(c2cc(-n3nc(C)cc3C)nc(C)n2)CC1. The molecule has 1 aliphatic heterocycles. The van der Waals surface area contributed by atoms with Crippen LogP contribution in [0.25, 0.3) is 5.82 Å². The third-order valence-electron chi connectivity index (χ3n) is 4.09. The van der Waals surface area contributed by atoms with E-state index in [1.165, 1.54) is 0 Å². The topological polar surface area (TPSA) is 67.2 Å². The number of anilines is 1. The molecule has 1 saturated heterocycles. The first-order chi connectivity index (χ1) is 10.9. The van der Waals surface area contributed by atoms with Crippen molar-refractivity contribution in [1.82, 2.24) is 24.6 Å². The van der Waals surface area contributed by atoms with E-state index in [4.69, 9.17) is 0 Å². The van der Waals surface area contributed by atoms with E-state index in [0.29, 0.717) is 0 Å². The van der Waals surface area contributed by atoms with Gasteiger partial charge in [0.1, 0.15) is 11.6 Å². The van der Waals surface area contributed by atoms with Crippen molar-refractivity contribution in [2.24, 2.45) is 0 Å². The van der Waals surface area contributed by atoms with Crippen LogP contribution >= 0.6 is 0 Å². The Labute approximate surface area is 135 Å². The average molecular weight is 314 g/mol. The molecule has 3 rings (SSSR count). The molecular weight excluding hydrogens is 292 g/mol. The molecule has 1 fully saturated rings.